The van der Waals surface area contributed by atoms with E-state index in [1.54, 1.807) is 0 Å². The highest BCUT2D eigenvalue weighted by atomic mass is 16.5. The van der Waals surface area contributed by atoms with Crippen LogP contribution in [0, 0.1) is 6.92 Å². The molecule has 1 aliphatic rings. The van der Waals surface area contributed by atoms with Crippen LogP contribution in [0.25, 0.3) is 11.0 Å². The molecule has 3 heterocycles. The number of benzene rings is 1. The molecule has 1 amide bonds. The Hall–Kier alpha value is -2.67. The van der Waals surface area contributed by atoms with Gasteiger partial charge in [-0.05, 0) is 25.5 Å². The summed E-state index contributed by atoms with van der Waals surface area (Å²) in [5.41, 5.74) is 4.05. The van der Waals surface area contributed by atoms with E-state index in [2.05, 4.69) is 20.4 Å². The van der Waals surface area contributed by atoms with Crippen molar-refractivity contribution in [1.29, 1.82) is 0 Å². The zero-order valence-electron chi connectivity index (χ0n) is 15.0. The fourth-order valence-corrected chi connectivity index (χ4v) is 3.47. The number of aromatic amines is 1. The van der Waals surface area contributed by atoms with Crippen LogP contribution in [0.15, 0.2) is 30.5 Å². The van der Waals surface area contributed by atoms with Crippen LogP contribution in [0.4, 0.5) is 0 Å². The summed E-state index contributed by atoms with van der Waals surface area (Å²) in [7, 11) is 1.91. The third-order valence-electron chi connectivity index (χ3n) is 5.05. The molecule has 26 heavy (non-hydrogen) atoms. The van der Waals surface area contributed by atoms with E-state index in [0.717, 1.165) is 34.5 Å². The van der Waals surface area contributed by atoms with Crippen LogP contribution in [-0.4, -0.2) is 38.3 Å². The van der Waals surface area contributed by atoms with E-state index >= 15 is 0 Å². The first kappa shape index (κ1) is 16.8. The maximum atomic E-state index is 12.4. The van der Waals surface area contributed by atoms with Crippen molar-refractivity contribution in [2.24, 2.45) is 7.05 Å². The monoisotopic (exact) mass is 353 g/mol. The van der Waals surface area contributed by atoms with Crippen LogP contribution in [0.3, 0.4) is 0 Å². The maximum absolute atomic E-state index is 12.4. The smallest absolute Gasteiger partial charge is 0.220 e. The van der Waals surface area contributed by atoms with Crippen LogP contribution in [0.5, 0.6) is 0 Å². The number of nitrogens with zero attached hydrogens (tertiary/aromatic N) is 3. The fraction of sp³-hybridized carbons (Fsp3) is 0.421. The van der Waals surface area contributed by atoms with Crippen LogP contribution < -0.4 is 5.32 Å². The van der Waals surface area contributed by atoms with Gasteiger partial charge >= 0.3 is 0 Å². The minimum Gasteiger partial charge on any atom is -0.371 e. The van der Waals surface area contributed by atoms with Crippen molar-refractivity contribution >= 4 is 16.9 Å². The Morgan fingerprint density at radius 1 is 1.42 bits per heavy atom. The van der Waals surface area contributed by atoms with Gasteiger partial charge in [0.05, 0.1) is 23.3 Å². The summed E-state index contributed by atoms with van der Waals surface area (Å²) < 4.78 is 7.69. The van der Waals surface area contributed by atoms with Gasteiger partial charge in [0.1, 0.15) is 11.9 Å². The second-order valence-corrected chi connectivity index (χ2v) is 6.76. The number of ether oxygens (including phenoxy) is 1. The molecule has 1 saturated heterocycles. The Labute approximate surface area is 151 Å². The van der Waals surface area contributed by atoms with Crippen molar-refractivity contribution in [3.63, 3.8) is 0 Å². The van der Waals surface area contributed by atoms with Crippen molar-refractivity contribution < 1.29 is 9.53 Å². The van der Waals surface area contributed by atoms with Crippen LogP contribution in [0.2, 0.25) is 0 Å². The summed E-state index contributed by atoms with van der Waals surface area (Å²) in [6.45, 7) is 2.66. The van der Waals surface area contributed by atoms with Gasteiger partial charge in [0, 0.05) is 37.8 Å². The van der Waals surface area contributed by atoms with Crippen molar-refractivity contribution in [1.82, 2.24) is 25.1 Å². The average Bonchev–Trinajstić information content (AvgIpc) is 3.33. The molecule has 2 aromatic heterocycles. The standard InChI is InChI=1S/C19H23N5O2/c1-12-13(11-20-24(12)2)19-16(9-10-26-19)23-18(25)8-7-17-21-14-5-3-4-6-15(14)22-17/h3-6,11,16,19H,7-10H2,1-2H3,(H,21,22)(H,23,25)/t16-,19+/m0/s1. The lowest BCUT2D eigenvalue weighted by molar-refractivity contribution is -0.122. The number of carbonyl (C=O) groups excluding carboxylic acids is 1. The number of aromatic nitrogens is 4. The van der Waals surface area contributed by atoms with E-state index in [1.807, 2.05) is 49.1 Å². The largest absolute Gasteiger partial charge is 0.371 e. The number of fused-ring (bicyclic) bond motifs is 1. The number of para-hydroxylation sites is 2. The minimum atomic E-state index is -0.126. The lowest BCUT2D eigenvalue weighted by atomic mass is 10.0. The van der Waals surface area contributed by atoms with Gasteiger partial charge in [0.25, 0.3) is 0 Å². The minimum absolute atomic E-state index is 0.0129. The zero-order valence-corrected chi connectivity index (χ0v) is 15.0. The Morgan fingerprint density at radius 3 is 3.04 bits per heavy atom. The lowest BCUT2D eigenvalue weighted by Crippen LogP contribution is -2.37. The number of aryl methyl sites for hydroxylation is 2. The molecule has 2 atom stereocenters. The van der Waals surface area contributed by atoms with Gasteiger partial charge in [0.2, 0.25) is 5.91 Å². The molecule has 0 saturated carbocycles. The van der Waals surface area contributed by atoms with Gasteiger partial charge in [-0.2, -0.15) is 5.10 Å². The number of imidazole rings is 1. The number of nitrogens with one attached hydrogen (secondary N) is 2. The molecule has 0 bridgehead atoms. The number of rotatable bonds is 5. The molecule has 2 N–H and O–H groups in total. The lowest BCUT2D eigenvalue weighted by Gasteiger charge is -2.19. The third-order valence-corrected chi connectivity index (χ3v) is 5.05. The number of hydrogen-bond acceptors (Lipinski definition) is 4. The Kier molecular flexibility index (Phi) is 4.46. The molecular weight excluding hydrogens is 330 g/mol. The van der Waals surface area contributed by atoms with E-state index in [1.165, 1.54) is 0 Å². The Bertz CT molecular complexity index is 896. The highest BCUT2D eigenvalue weighted by molar-refractivity contribution is 5.77. The summed E-state index contributed by atoms with van der Waals surface area (Å²) >= 11 is 0. The van der Waals surface area contributed by atoms with E-state index in [9.17, 15) is 4.79 Å². The quantitative estimate of drug-likeness (QED) is 0.736. The molecule has 4 rings (SSSR count). The average molecular weight is 353 g/mol. The molecule has 0 radical (unpaired) electrons. The number of carbonyl (C=O) groups is 1. The molecule has 7 heteroatoms. The van der Waals surface area contributed by atoms with Crippen molar-refractivity contribution in [3.05, 3.63) is 47.5 Å². The molecule has 3 aromatic rings. The van der Waals surface area contributed by atoms with Crippen molar-refractivity contribution in [2.75, 3.05) is 6.61 Å². The van der Waals surface area contributed by atoms with E-state index in [4.69, 9.17) is 4.74 Å². The highest BCUT2D eigenvalue weighted by Gasteiger charge is 2.33. The third kappa shape index (κ3) is 3.22. The fourth-order valence-electron chi connectivity index (χ4n) is 3.47. The molecule has 1 fully saturated rings. The van der Waals surface area contributed by atoms with Gasteiger partial charge in [-0.1, -0.05) is 12.1 Å². The number of H-pyrrole nitrogens is 1. The second-order valence-electron chi connectivity index (χ2n) is 6.76. The van der Waals surface area contributed by atoms with E-state index in [-0.39, 0.29) is 18.1 Å². The van der Waals surface area contributed by atoms with E-state index < -0.39 is 0 Å². The highest BCUT2D eigenvalue weighted by Crippen LogP contribution is 2.31. The summed E-state index contributed by atoms with van der Waals surface area (Å²) in [4.78, 5) is 20.2. The first-order valence-electron chi connectivity index (χ1n) is 8.95. The molecule has 0 aliphatic carbocycles. The topological polar surface area (TPSA) is 84.8 Å². The van der Waals surface area contributed by atoms with Gasteiger partial charge in [-0.3, -0.25) is 9.48 Å². The normalized spacial score (nSPS) is 19.9. The Balaban J connectivity index is 1.37. The predicted molar refractivity (Wildman–Crippen MR) is 97.6 cm³/mol. The summed E-state index contributed by atoms with van der Waals surface area (Å²) in [5.74, 6) is 0.858. The molecule has 0 unspecified atom stereocenters. The summed E-state index contributed by atoms with van der Waals surface area (Å²) in [6.07, 6.45) is 3.51. The van der Waals surface area contributed by atoms with Gasteiger partial charge in [0.15, 0.2) is 0 Å². The van der Waals surface area contributed by atoms with Crippen LogP contribution >= 0.6 is 0 Å². The molecule has 1 aliphatic heterocycles. The number of amides is 1. The molecule has 7 nitrogen and oxygen atoms in total. The number of hydrogen-bond donors (Lipinski definition) is 2. The first-order valence-corrected chi connectivity index (χ1v) is 8.95. The zero-order chi connectivity index (χ0) is 18.1. The first-order chi connectivity index (χ1) is 12.6. The SMILES string of the molecule is Cc1c([C@H]2OCC[C@@H]2NC(=O)CCc2nc3ccccc3[nH]2)cnn1C. The van der Waals surface area contributed by atoms with Crippen LogP contribution in [0.1, 0.15) is 36.0 Å². The summed E-state index contributed by atoms with van der Waals surface area (Å²) in [6, 6.07) is 7.87. The predicted octanol–water partition coefficient (Wildman–Crippen LogP) is 2.18. The molecule has 1 aromatic carbocycles. The second kappa shape index (κ2) is 6.92. The van der Waals surface area contributed by atoms with E-state index in [0.29, 0.717) is 19.4 Å². The van der Waals surface area contributed by atoms with Gasteiger partial charge in [-0.25, -0.2) is 4.98 Å². The van der Waals surface area contributed by atoms with Crippen molar-refractivity contribution in [2.45, 2.75) is 38.3 Å². The summed E-state index contributed by atoms with van der Waals surface area (Å²) in [5, 5.41) is 7.41. The van der Waals surface area contributed by atoms with Gasteiger partial charge in [-0.15, -0.1) is 0 Å². The van der Waals surface area contributed by atoms with Gasteiger partial charge < -0.3 is 15.0 Å². The van der Waals surface area contributed by atoms with Crippen LogP contribution in [-0.2, 0) is 23.0 Å². The Morgan fingerprint density at radius 2 is 2.27 bits per heavy atom. The molecular formula is C19H23N5O2. The van der Waals surface area contributed by atoms with Crippen molar-refractivity contribution in [3.8, 4) is 0 Å². The molecule has 0 spiro atoms. The maximum Gasteiger partial charge on any atom is 0.220 e. The molecule has 136 valence electrons.